The van der Waals surface area contributed by atoms with Crippen LogP contribution in [0.4, 0.5) is 0 Å². The third kappa shape index (κ3) is 7.40. The van der Waals surface area contributed by atoms with Crippen molar-refractivity contribution in [3.63, 3.8) is 0 Å². The van der Waals surface area contributed by atoms with E-state index in [0.29, 0.717) is 35.7 Å². The van der Waals surface area contributed by atoms with E-state index in [4.69, 9.17) is 32.7 Å². The number of para-hydroxylation sites is 1. The van der Waals surface area contributed by atoms with Crippen LogP contribution in [0.25, 0.3) is 11.1 Å². The quantitative estimate of drug-likeness (QED) is 0.205. The monoisotopic (exact) mass is 636 g/mol. The van der Waals surface area contributed by atoms with E-state index in [0.717, 1.165) is 98.4 Å². The Kier molecular flexibility index (Phi) is 10.1. The van der Waals surface area contributed by atoms with Crippen molar-refractivity contribution in [1.82, 2.24) is 20.5 Å². The maximum atomic E-state index is 13.3. The molecule has 6 rings (SSSR count). The van der Waals surface area contributed by atoms with Gasteiger partial charge in [-0.05, 0) is 73.1 Å². The van der Waals surface area contributed by atoms with Gasteiger partial charge in [-0.2, -0.15) is 0 Å². The molecule has 44 heavy (non-hydrogen) atoms. The topological polar surface area (TPSA) is 75.7 Å². The molecule has 0 bridgehead atoms. The molecule has 2 aliphatic carbocycles. The van der Waals surface area contributed by atoms with Gasteiger partial charge >= 0.3 is 0 Å². The van der Waals surface area contributed by atoms with Crippen molar-refractivity contribution >= 4 is 29.1 Å². The van der Waals surface area contributed by atoms with Crippen molar-refractivity contribution in [2.24, 2.45) is 0 Å². The zero-order valence-electron chi connectivity index (χ0n) is 25.4. The standard InChI is InChI=1S/C35H42Cl2N4O3/c1-2-5-28(34(42)40-16-19-41-17-14-38-15-18-41)29-21-31(36)24(20-32(29)37)23-43-35(11-12-35)30-22-39-13-10-26(30)27-6-3-4-7-33(27)44-25-8-9-25/h3-4,6-7,10,13,20-22,25,28,38H,2,5,8-9,11-12,14-19,23H2,1H3,(H,40,42). The minimum absolute atomic E-state index is 0.00376. The molecular weight excluding hydrogens is 595 g/mol. The second-order valence-corrected chi connectivity index (χ2v) is 13.0. The molecule has 2 aromatic carbocycles. The minimum atomic E-state index is -0.445. The number of ether oxygens (including phenoxy) is 2. The molecule has 2 heterocycles. The molecule has 1 unspecified atom stereocenters. The summed E-state index contributed by atoms with van der Waals surface area (Å²) in [5, 5.41) is 7.60. The lowest BCUT2D eigenvalue weighted by atomic mass is 9.92. The van der Waals surface area contributed by atoms with Crippen molar-refractivity contribution in [2.75, 3.05) is 39.3 Å². The SMILES string of the molecule is CCCC(C(=O)NCCN1CCNCC1)c1cc(Cl)c(COC2(c3cnccc3-c3ccccc3OC3CC3)CC2)cc1Cl. The summed E-state index contributed by atoms with van der Waals surface area (Å²) in [6, 6.07) is 14.0. The van der Waals surface area contributed by atoms with Gasteiger partial charge in [0.25, 0.3) is 0 Å². The molecule has 1 saturated heterocycles. The molecule has 2 saturated carbocycles. The average molecular weight is 638 g/mol. The van der Waals surface area contributed by atoms with Gasteiger partial charge in [0.2, 0.25) is 5.91 Å². The maximum absolute atomic E-state index is 13.3. The van der Waals surface area contributed by atoms with Crippen molar-refractivity contribution < 1.29 is 14.3 Å². The Labute approximate surface area is 270 Å². The molecule has 7 nitrogen and oxygen atoms in total. The number of aromatic nitrogens is 1. The van der Waals surface area contributed by atoms with E-state index in [1.807, 2.05) is 42.7 Å². The molecular formula is C35H42Cl2N4O3. The van der Waals surface area contributed by atoms with Gasteiger partial charge in [0.05, 0.1) is 24.2 Å². The van der Waals surface area contributed by atoms with Crippen LogP contribution in [0.5, 0.6) is 5.75 Å². The summed E-state index contributed by atoms with van der Waals surface area (Å²) in [4.78, 5) is 20.1. The van der Waals surface area contributed by atoms with Crippen LogP contribution in [-0.4, -0.2) is 61.2 Å². The first-order chi connectivity index (χ1) is 21.5. The molecule has 1 aliphatic heterocycles. The second kappa shape index (κ2) is 14.2. The molecule has 0 radical (unpaired) electrons. The fourth-order valence-electron chi connectivity index (χ4n) is 6.06. The normalized spacial score (nSPS) is 18.5. The number of piperazine rings is 1. The summed E-state index contributed by atoms with van der Waals surface area (Å²) in [5.41, 5.74) is 4.34. The number of nitrogens with one attached hydrogen (secondary N) is 2. The summed E-state index contributed by atoms with van der Waals surface area (Å²) in [5.74, 6) is 0.544. The highest BCUT2D eigenvalue weighted by Gasteiger charge is 2.48. The Balaban J connectivity index is 1.15. The van der Waals surface area contributed by atoms with Crippen LogP contribution in [0.3, 0.4) is 0 Å². The van der Waals surface area contributed by atoms with Gasteiger partial charge in [-0.25, -0.2) is 0 Å². The summed E-state index contributed by atoms with van der Waals surface area (Å²) in [7, 11) is 0. The zero-order valence-corrected chi connectivity index (χ0v) is 26.9. The third-order valence-electron chi connectivity index (χ3n) is 8.89. The van der Waals surface area contributed by atoms with Crippen molar-refractivity contribution in [3.8, 4) is 16.9 Å². The first kappa shape index (κ1) is 31.3. The van der Waals surface area contributed by atoms with E-state index in [1.54, 1.807) is 0 Å². The summed E-state index contributed by atoms with van der Waals surface area (Å²) >= 11 is 13.7. The van der Waals surface area contributed by atoms with E-state index in [9.17, 15) is 4.79 Å². The Morgan fingerprint density at radius 3 is 2.66 bits per heavy atom. The van der Waals surface area contributed by atoms with Gasteiger partial charge < -0.3 is 20.1 Å². The lowest BCUT2D eigenvalue weighted by Crippen LogP contribution is -2.46. The van der Waals surface area contributed by atoms with Crippen molar-refractivity contribution in [2.45, 2.75) is 69.7 Å². The fraction of sp³-hybridized carbons (Fsp3) is 0.486. The third-order valence-corrected chi connectivity index (χ3v) is 9.57. The number of amides is 1. The molecule has 2 N–H and O–H groups in total. The first-order valence-corrected chi connectivity index (χ1v) is 16.8. The van der Waals surface area contributed by atoms with E-state index in [1.165, 1.54) is 0 Å². The predicted octanol–water partition coefficient (Wildman–Crippen LogP) is 6.71. The first-order valence-electron chi connectivity index (χ1n) is 16.0. The van der Waals surface area contributed by atoms with E-state index in [2.05, 4.69) is 39.6 Å². The minimum Gasteiger partial charge on any atom is -0.490 e. The molecule has 1 atom stereocenters. The molecule has 1 amide bonds. The van der Waals surface area contributed by atoms with Gasteiger partial charge in [0.1, 0.15) is 5.75 Å². The van der Waals surface area contributed by atoms with Crippen molar-refractivity contribution in [3.05, 3.63) is 81.6 Å². The number of carbonyl (C=O) groups is 1. The molecule has 0 spiro atoms. The Hall–Kier alpha value is -2.68. The number of rotatable bonds is 14. The highest BCUT2D eigenvalue weighted by Crippen LogP contribution is 2.53. The Bertz CT molecular complexity index is 1450. The van der Waals surface area contributed by atoms with Gasteiger partial charge in [-0.1, -0.05) is 54.7 Å². The average Bonchev–Trinajstić information content (AvgIpc) is 3.99. The smallest absolute Gasteiger partial charge is 0.227 e. The van der Waals surface area contributed by atoms with E-state index < -0.39 is 5.60 Å². The molecule has 3 aromatic rings. The van der Waals surface area contributed by atoms with Crippen LogP contribution in [0.15, 0.2) is 54.9 Å². The Morgan fingerprint density at radius 1 is 1.11 bits per heavy atom. The van der Waals surface area contributed by atoms with Crippen LogP contribution >= 0.6 is 23.2 Å². The predicted molar refractivity (Wildman–Crippen MR) is 175 cm³/mol. The number of halogens is 2. The van der Waals surface area contributed by atoms with Crippen LogP contribution in [0, 0.1) is 0 Å². The zero-order chi connectivity index (χ0) is 30.5. The summed E-state index contributed by atoms with van der Waals surface area (Å²) in [6.45, 7) is 7.84. The van der Waals surface area contributed by atoms with Gasteiger partial charge in [-0.3, -0.25) is 14.7 Å². The van der Waals surface area contributed by atoms with Crippen LogP contribution in [-0.2, 0) is 21.7 Å². The lowest BCUT2D eigenvalue weighted by molar-refractivity contribution is -0.122. The largest absolute Gasteiger partial charge is 0.490 e. The highest BCUT2D eigenvalue weighted by atomic mass is 35.5. The number of nitrogens with zero attached hydrogens (tertiary/aromatic N) is 2. The molecule has 3 fully saturated rings. The lowest BCUT2D eigenvalue weighted by Gasteiger charge is -2.27. The second-order valence-electron chi connectivity index (χ2n) is 12.2. The Morgan fingerprint density at radius 2 is 1.91 bits per heavy atom. The molecule has 3 aliphatic rings. The van der Waals surface area contributed by atoms with Crippen LogP contribution in [0.1, 0.15) is 68.1 Å². The van der Waals surface area contributed by atoms with Gasteiger partial charge in [0.15, 0.2) is 0 Å². The summed E-state index contributed by atoms with van der Waals surface area (Å²) < 4.78 is 12.9. The fourth-order valence-corrected chi connectivity index (χ4v) is 6.61. The molecule has 234 valence electrons. The van der Waals surface area contributed by atoms with E-state index >= 15 is 0 Å². The number of benzene rings is 2. The van der Waals surface area contributed by atoms with Crippen LogP contribution < -0.4 is 15.4 Å². The molecule has 1 aromatic heterocycles. The van der Waals surface area contributed by atoms with Gasteiger partial charge in [0, 0.05) is 72.8 Å². The van der Waals surface area contributed by atoms with E-state index in [-0.39, 0.29) is 11.8 Å². The number of hydrogen-bond donors (Lipinski definition) is 2. The number of pyridine rings is 1. The van der Waals surface area contributed by atoms with Gasteiger partial charge in [-0.15, -0.1) is 0 Å². The highest BCUT2D eigenvalue weighted by molar-refractivity contribution is 6.34. The number of hydrogen-bond acceptors (Lipinski definition) is 6. The molecule has 9 heteroatoms. The van der Waals surface area contributed by atoms with Crippen LogP contribution in [0.2, 0.25) is 10.0 Å². The summed E-state index contributed by atoms with van der Waals surface area (Å²) in [6.07, 6.45) is 9.62. The number of carbonyl (C=O) groups excluding carboxylic acids is 1. The van der Waals surface area contributed by atoms with Crippen molar-refractivity contribution in [1.29, 1.82) is 0 Å². The maximum Gasteiger partial charge on any atom is 0.227 e.